The number of amides is 1. The largest absolute Gasteiger partial charge is 0.378 e. The molecule has 0 spiro atoms. The molecule has 1 aliphatic heterocycles. The van der Waals surface area contributed by atoms with Gasteiger partial charge in [0.25, 0.3) is 0 Å². The maximum absolute atomic E-state index is 12.5. The molecule has 0 saturated carbocycles. The molecule has 1 aromatic rings. The molecule has 1 unspecified atom stereocenters. The van der Waals surface area contributed by atoms with Crippen LogP contribution >= 0.6 is 24.0 Å². The smallest absolute Gasteiger partial charge is 0.222 e. The molecule has 1 fully saturated rings. The maximum Gasteiger partial charge on any atom is 0.222 e. The van der Waals surface area contributed by atoms with E-state index in [1.54, 1.807) is 0 Å². The lowest BCUT2D eigenvalue weighted by Gasteiger charge is -2.34. The van der Waals surface area contributed by atoms with Crippen molar-refractivity contribution in [3.05, 3.63) is 34.9 Å². The number of benzene rings is 1. The Morgan fingerprint density at radius 1 is 1.35 bits per heavy atom. The van der Waals surface area contributed by atoms with Gasteiger partial charge in [-0.1, -0.05) is 37.6 Å². The minimum Gasteiger partial charge on any atom is -0.378 e. The molecule has 6 heteroatoms. The van der Waals surface area contributed by atoms with Crippen molar-refractivity contribution in [3.8, 4) is 0 Å². The van der Waals surface area contributed by atoms with E-state index in [4.69, 9.17) is 16.3 Å². The second-order valence-electron chi connectivity index (χ2n) is 5.77. The molecule has 130 valence electrons. The second-order valence-corrected chi connectivity index (χ2v) is 6.21. The molecule has 2 N–H and O–H groups in total. The number of hydrogen-bond acceptors (Lipinski definition) is 3. The fourth-order valence-electron chi connectivity index (χ4n) is 2.97. The highest BCUT2D eigenvalue weighted by Crippen LogP contribution is 2.30. The van der Waals surface area contributed by atoms with Crippen molar-refractivity contribution in [1.29, 1.82) is 0 Å². The van der Waals surface area contributed by atoms with E-state index in [-0.39, 0.29) is 29.9 Å². The molecule has 4 nitrogen and oxygen atoms in total. The first kappa shape index (κ1) is 20.2. The Hall–Kier alpha value is -0.810. The van der Waals surface area contributed by atoms with Crippen molar-refractivity contribution in [3.63, 3.8) is 0 Å². The van der Waals surface area contributed by atoms with Gasteiger partial charge in [0.2, 0.25) is 5.91 Å². The summed E-state index contributed by atoms with van der Waals surface area (Å²) in [5.74, 6) is 0.0571. The summed E-state index contributed by atoms with van der Waals surface area (Å²) in [5.41, 5.74) is 0.764. The number of nitrogens with one attached hydrogen (secondary N) is 2. The van der Waals surface area contributed by atoms with Crippen LogP contribution in [0.25, 0.3) is 0 Å². The van der Waals surface area contributed by atoms with Crippen LogP contribution in [-0.2, 0) is 15.1 Å². The molecule has 2 rings (SSSR count). The minimum absolute atomic E-state index is 0. The predicted molar refractivity (Wildman–Crippen MR) is 96.3 cm³/mol. The van der Waals surface area contributed by atoms with Gasteiger partial charge in [0, 0.05) is 24.0 Å². The van der Waals surface area contributed by atoms with Gasteiger partial charge in [-0.15, -0.1) is 12.4 Å². The Kier molecular flexibility index (Phi) is 8.34. The zero-order valence-electron chi connectivity index (χ0n) is 13.7. The summed E-state index contributed by atoms with van der Waals surface area (Å²) in [6.45, 7) is 6.32. The summed E-state index contributed by atoms with van der Waals surface area (Å²) in [5, 5.41) is 7.26. The lowest BCUT2D eigenvalue weighted by atomic mass is 9.84. The molecule has 1 heterocycles. The Bertz CT molecular complexity index is 484. The fraction of sp³-hybridized carbons (Fsp3) is 0.588. The number of ether oxygens (including phenoxy) is 1. The van der Waals surface area contributed by atoms with Crippen LogP contribution in [0.1, 0.15) is 38.7 Å². The lowest BCUT2D eigenvalue weighted by Crippen LogP contribution is -2.49. The molecule has 0 aliphatic carbocycles. The van der Waals surface area contributed by atoms with Crippen molar-refractivity contribution in [2.24, 2.45) is 0 Å². The number of halogens is 2. The van der Waals surface area contributed by atoms with Crippen molar-refractivity contribution >= 4 is 29.9 Å². The van der Waals surface area contributed by atoms with Crippen LogP contribution in [0.4, 0.5) is 0 Å². The van der Waals surface area contributed by atoms with Gasteiger partial charge < -0.3 is 15.4 Å². The number of hydrogen-bond donors (Lipinski definition) is 2. The molecule has 0 radical (unpaired) electrons. The van der Waals surface area contributed by atoms with Crippen molar-refractivity contribution in [2.75, 3.05) is 19.8 Å². The van der Waals surface area contributed by atoms with Crippen LogP contribution in [-0.4, -0.2) is 31.7 Å². The van der Waals surface area contributed by atoms with E-state index in [1.807, 2.05) is 24.3 Å². The number of rotatable bonds is 6. The Morgan fingerprint density at radius 3 is 2.52 bits per heavy atom. The quantitative estimate of drug-likeness (QED) is 0.818. The molecular weight excluding hydrogens is 335 g/mol. The van der Waals surface area contributed by atoms with Gasteiger partial charge in [0.15, 0.2) is 0 Å². The number of carbonyl (C=O) groups excluding carboxylic acids is 1. The zero-order chi connectivity index (χ0) is 16.0. The summed E-state index contributed by atoms with van der Waals surface area (Å²) < 4.78 is 5.41. The first-order valence-corrected chi connectivity index (χ1v) is 8.35. The van der Waals surface area contributed by atoms with E-state index in [1.165, 1.54) is 0 Å². The molecular formula is C17H26Cl2N2O2. The molecule has 1 aliphatic rings. The average Bonchev–Trinajstić information content (AvgIpc) is 2.54. The van der Waals surface area contributed by atoms with Crippen LogP contribution in [0, 0.1) is 0 Å². The van der Waals surface area contributed by atoms with Gasteiger partial charge in [0.1, 0.15) is 0 Å². The van der Waals surface area contributed by atoms with Gasteiger partial charge in [0.05, 0.1) is 18.8 Å². The van der Waals surface area contributed by atoms with Crippen LogP contribution in [0.15, 0.2) is 24.3 Å². The van der Waals surface area contributed by atoms with E-state index < -0.39 is 0 Å². The van der Waals surface area contributed by atoms with Crippen LogP contribution in [0.3, 0.4) is 0 Å². The Morgan fingerprint density at radius 2 is 2.00 bits per heavy atom. The van der Waals surface area contributed by atoms with Gasteiger partial charge in [-0.3, -0.25) is 4.79 Å². The maximum atomic E-state index is 12.5. The third kappa shape index (κ3) is 5.35. The summed E-state index contributed by atoms with van der Waals surface area (Å²) in [7, 11) is 0. The van der Waals surface area contributed by atoms with Crippen LogP contribution < -0.4 is 10.6 Å². The zero-order valence-corrected chi connectivity index (χ0v) is 15.3. The lowest BCUT2D eigenvalue weighted by molar-refractivity contribution is -0.124. The minimum atomic E-state index is -0.336. The highest BCUT2D eigenvalue weighted by molar-refractivity contribution is 6.30. The second kappa shape index (κ2) is 9.48. The summed E-state index contributed by atoms with van der Waals surface area (Å²) in [4.78, 5) is 12.5. The van der Waals surface area contributed by atoms with Crippen molar-refractivity contribution in [1.82, 2.24) is 10.6 Å². The van der Waals surface area contributed by atoms with E-state index in [2.05, 4.69) is 24.5 Å². The molecule has 0 bridgehead atoms. The third-order valence-corrected chi connectivity index (χ3v) is 4.66. The van der Waals surface area contributed by atoms with Gasteiger partial charge in [-0.2, -0.15) is 0 Å². The van der Waals surface area contributed by atoms with E-state index in [9.17, 15) is 4.79 Å². The molecule has 1 saturated heterocycles. The molecule has 1 atom stereocenters. The van der Waals surface area contributed by atoms with E-state index in [0.717, 1.165) is 31.6 Å². The van der Waals surface area contributed by atoms with E-state index >= 15 is 0 Å². The number of carbonyl (C=O) groups is 1. The summed E-state index contributed by atoms with van der Waals surface area (Å²) in [6, 6.07) is 7.85. The van der Waals surface area contributed by atoms with Gasteiger partial charge in [-0.05, 0) is 30.5 Å². The van der Waals surface area contributed by atoms with Gasteiger partial charge >= 0.3 is 0 Å². The fourth-order valence-corrected chi connectivity index (χ4v) is 3.09. The topological polar surface area (TPSA) is 50.4 Å². The summed E-state index contributed by atoms with van der Waals surface area (Å²) in [6.07, 6.45) is 2.12. The Balaban J connectivity index is 0.00000264. The molecule has 1 amide bonds. The van der Waals surface area contributed by atoms with Gasteiger partial charge in [-0.25, -0.2) is 0 Å². The SMILES string of the molecule is CCC(CC)(NC(=O)CC1COCCN1)c1ccc(Cl)cc1.Cl. The predicted octanol–water partition coefficient (Wildman–Crippen LogP) is 3.27. The number of morpholine rings is 1. The van der Waals surface area contributed by atoms with Crippen molar-refractivity contribution in [2.45, 2.75) is 44.7 Å². The van der Waals surface area contributed by atoms with E-state index in [0.29, 0.717) is 18.1 Å². The molecule has 23 heavy (non-hydrogen) atoms. The monoisotopic (exact) mass is 360 g/mol. The summed E-state index contributed by atoms with van der Waals surface area (Å²) >= 11 is 5.97. The van der Waals surface area contributed by atoms with Crippen molar-refractivity contribution < 1.29 is 9.53 Å². The first-order valence-electron chi connectivity index (χ1n) is 7.98. The van der Waals surface area contributed by atoms with Crippen LogP contribution in [0.5, 0.6) is 0 Å². The highest BCUT2D eigenvalue weighted by atomic mass is 35.5. The molecule has 0 aromatic heterocycles. The molecule has 1 aromatic carbocycles. The van der Waals surface area contributed by atoms with Crippen LogP contribution in [0.2, 0.25) is 5.02 Å². The average molecular weight is 361 g/mol. The first-order chi connectivity index (χ1) is 10.6. The highest BCUT2D eigenvalue weighted by Gasteiger charge is 2.31. The Labute approximate surface area is 149 Å². The third-order valence-electron chi connectivity index (χ3n) is 4.41. The standard InChI is InChI=1S/C17H25ClN2O2.ClH/c1-3-17(4-2,13-5-7-14(18)8-6-13)20-16(21)11-15-12-22-10-9-19-15;/h5-8,15,19H,3-4,9-12H2,1-2H3,(H,20,21);1H. The normalized spacial score (nSPS) is 18.1.